The van der Waals surface area contributed by atoms with Gasteiger partial charge in [-0.05, 0) is 72.4 Å². The smallest absolute Gasteiger partial charge is 0.229 e. The van der Waals surface area contributed by atoms with E-state index in [4.69, 9.17) is 23.2 Å². The second-order valence-corrected chi connectivity index (χ2v) is 12.2. The molecule has 0 aliphatic rings. The van der Waals surface area contributed by atoms with Crippen LogP contribution in [-0.2, 0) is 34.2 Å². The highest BCUT2D eigenvalue weighted by atomic mass is 35.5. The highest BCUT2D eigenvalue weighted by molar-refractivity contribution is 7.92. The van der Waals surface area contributed by atoms with Gasteiger partial charge >= 0.3 is 0 Å². The molecule has 3 aromatic carbocycles. The molecule has 11 heteroatoms. The number of carbonyl (C=O) groups excluding carboxylic acids is 1. The normalized spacial score (nSPS) is 13.1. The predicted molar refractivity (Wildman–Crippen MR) is 156 cm³/mol. The number of hydrogen-bond acceptors (Lipinski definition) is 6. The van der Waals surface area contributed by atoms with E-state index in [0.717, 1.165) is 28.5 Å². The second kappa shape index (κ2) is 13.5. The van der Waals surface area contributed by atoms with E-state index in [2.05, 4.69) is 15.4 Å². The fourth-order valence-corrected chi connectivity index (χ4v) is 5.38. The first-order valence-corrected chi connectivity index (χ1v) is 15.0. The van der Waals surface area contributed by atoms with Gasteiger partial charge in [0.2, 0.25) is 15.9 Å². The van der Waals surface area contributed by atoms with Crippen molar-refractivity contribution in [3.05, 3.63) is 92.5 Å². The number of halogens is 2. The lowest BCUT2D eigenvalue weighted by atomic mass is 10.0. The van der Waals surface area contributed by atoms with Crippen LogP contribution in [0.2, 0.25) is 10.0 Å². The van der Waals surface area contributed by atoms with E-state index in [0.29, 0.717) is 28.6 Å². The Hall–Kier alpha value is -2.82. The minimum absolute atomic E-state index is 0.00415. The number of aliphatic hydroxyl groups excluding tert-OH is 1. The first-order valence-electron chi connectivity index (χ1n) is 12.3. The van der Waals surface area contributed by atoms with Gasteiger partial charge in [0, 0.05) is 29.2 Å². The molecule has 0 saturated carbocycles. The monoisotopic (exact) mass is 593 g/mol. The molecule has 3 rings (SSSR count). The average Bonchev–Trinajstić information content (AvgIpc) is 2.82. The van der Waals surface area contributed by atoms with Crippen LogP contribution in [0, 0.1) is 6.92 Å². The van der Waals surface area contributed by atoms with Crippen LogP contribution in [0.4, 0.5) is 5.69 Å². The fraction of sp³-hybridized carbons (Fsp3) is 0.321. The average molecular weight is 595 g/mol. The van der Waals surface area contributed by atoms with Crippen LogP contribution in [0.1, 0.15) is 40.8 Å². The first-order chi connectivity index (χ1) is 18.3. The highest BCUT2D eigenvalue weighted by Crippen LogP contribution is 2.28. The van der Waals surface area contributed by atoms with Crippen LogP contribution >= 0.6 is 23.2 Å². The van der Waals surface area contributed by atoms with E-state index < -0.39 is 16.1 Å². The quantitative estimate of drug-likeness (QED) is 0.197. The lowest BCUT2D eigenvalue weighted by molar-refractivity contribution is -0.120. The van der Waals surface area contributed by atoms with Gasteiger partial charge in [-0.1, -0.05) is 53.5 Å². The molecule has 0 fully saturated rings. The molecular formula is C28H33Cl2N3O5S. The molecule has 1 amide bonds. The maximum atomic E-state index is 12.6. The minimum atomic E-state index is -3.58. The van der Waals surface area contributed by atoms with Gasteiger partial charge < -0.3 is 20.8 Å². The number of aromatic hydroxyl groups is 1. The summed E-state index contributed by atoms with van der Waals surface area (Å²) in [4.78, 5) is 12.6. The largest absolute Gasteiger partial charge is 0.506 e. The number of nitrogens with one attached hydrogen (secondary N) is 3. The van der Waals surface area contributed by atoms with Crippen LogP contribution in [-0.4, -0.2) is 43.4 Å². The van der Waals surface area contributed by atoms with E-state index >= 15 is 0 Å². The van der Waals surface area contributed by atoms with E-state index in [1.807, 2.05) is 44.2 Å². The van der Waals surface area contributed by atoms with Gasteiger partial charge in [-0.15, -0.1) is 0 Å². The molecule has 0 heterocycles. The zero-order chi connectivity index (χ0) is 28.7. The zero-order valence-corrected chi connectivity index (χ0v) is 24.3. The molecule has 39 heavy (non-hydrogen) atoms. The van der Waals surface area contributed by atoms with Gasteiger partial charge in [0.1, 0.15) is 5.75 Å². The van der Waals surface area contributed by atoms with Crippen molar-refractivity contribution in [2.24, 2.45) is 0 Å². The number of hydrogen-bond donors (Lipinski definition) is 5. The number of rotatable bonds is 12. The third kappa shape index (κ3) is 9.70. The number of phenols is 1. The van der Waals surface area contributed by atoms with Crippen LogP contribution < -0.4 is 15.4 Å². The van der Waals surface area contributed by atoms with Crippen molar-refractivity contribution in [2.75, 3.05) is 17.5 Å². The number of carbonyl (C=O) groups is 1. The summed E-state index contributed by atoms with van der Waals surface area (Å²) in [6.45, 7) is 4.42. The highest BCUT2D eigenvalue weighted by Gasteiger charge is 2.15. The number of phenolic OH excluding ortho intramolecular Hbond substituents is 1. The molecule has 0 unspecified atom stereocenters. The Labute approximate surface area is 239 Å². The van der Waals surface area contributed by atoms with Crippen LogP contribution in [0.5, 0.6) is 5.75 Å². The summed E-state index contributed by atoms with van der Waals surface area (Å²) in [5.41, 5.74) is 4.14. The molecule has 0 bridgehead atoms. The van der Waals surface area contributed by atoms with Gasteiger partial charge in [-0.3, -0.25) is 9.52 Å². The Morgan fingerprint density at radius 3 is 2.46 bits per heavy atom. The van der Waals surface area contributed by atoms with E-state index in [9.17, 15) is 23.4 Å². The molecule has 0 spiro atoms. The molecule has 210 valence electrons. The molecule has 0 aliphatic carbocycles. The first kappa shape index (κ1) is 30.7. The summed E-state index contributed by atoms with van der Waals surface area (Å²) < 4.78 is 25.2. The lowest BCUT2D eigenvalue weighted by Crippen LogP contribution is -2.32. The maximum absolute atomic E-state index is 12.6. The summed E-state index contributed by atoms with van der Waals surface area (Å²) in [6.07, 6.45) is 0.959. The molecular weight excluding hydrogens is 561 g/mol. The Morgan fingerprint density at radius 1 is 1.05 bits per heavy atom. The summed E-state index contributed by atoms with van der Waals surface area (Å²) >= 11 is 12.3. The van der Waals surface area contributed by atoms with Crippen molar-refractivity contribution in [2.45, 2.75) is 45.4 Å². The molecule has 3 aromatic rings. The number of benzene rings is 3. The van der Waals surface area contributed by atoms with E-state index in [-0.39, 0.29) is 36.4 Å². The Morgan fingerprint density at radius 2 is 1.77 bits per heavy atom. The fourth-order valence-electron chi connectivity index (χ4n) is 4.16. The SMILES string of the molecule is Cc1cc(Cl)cc(Cl)c1CNC(=O)Cc1cccc(C[C@@H](C)NC[C@H](O)c2ccc(O)c(NS(C)(=O)=O)c2)c1. The van der Waals surface area contributed by atoms with Crippen molar-refractivity contribution in [1.29, 1.82) is 0 Å². The predicted octanol–water partition coefficient (Wildman–Crippen LogP) is 4.49. The van der Waals surface area contributed by atoms with Gasteiger partial charge in [0.05, 0.1) is 24.5 Å². The number of aryl methyl sites for hydroxylation is 1. The summed E-state index contributed by atoms with van der Waals surface area (Å²) in [7, 11) is -3.58. The molecule has 0 aliphatic heterocycles. The van der Waals surface area contributed by atoms with Crippen LogP contribution in [0.3, 0.4) is 0 Å². The molecule has 2 atom stereocenters. The van der Waals surface area contributed by atoms with Gasteiger partial charge in [0.25, 0.3) is 0 Å². The van der Waals surface area contributed by atoms with E-state index in [1.165, 1.54) is 18.2 Å². The number of aliphatic hydroxyl groups is 1. The Balaban J connectivity index is 1.52. The number of sulfonamides is 1. The molecule has 0 aromatic heterocycles. The third-order valence-corrected chi connectivity index (χ3v) is 7.25. The number of amides is 1. The van der Waals surface area contributed by atoms with E-state index in [1.54, 1.807) is 6.07 Å². The minimum Gasteiger partial charge on any atom is -0.506 e. The molecule has 5 N–H and O–H groups in total. The lowest BCUT2D eigenvalue weighted by Gasteiger charge is -2.19. The Bertz CT molecular complexity index is 1410. The topological polar surface area (TPSA) is 128 Å². The van der Waals surface area contributed by atoms with Crippen molar-refractivity contribution in [3.8, 4) is 5.75 Å². The van der Waals surface area contributed by atoms with Crippen LogP contribution in [0.15, 0.2) is 54.6 Å². The van der Waals surface area contributed by atoms with Crippen molar-refractivity contribution in [1.82, 2.24) is 10.6 Å². The van der Waals surface area contributed by atoms with Crippen molar-refractivity contribution in [3.63, 3.8) is 0 Å². The summed E-state index contributed by atoms with van der Waals surface area (Å²) in [5, 5.41) is 27.7. The molecule has 0 radical (unpaired) electrons. The summed E-state index contributed by atoms with van der Waals surface area (Å²) in [5.74, 6) is -0.347. The second-order valence-electron chi connectivity index (χ2n) is 9.64. The zero-order valence-electron chi connectivity index (χ0n) is 22.0. The molecule has 8 nitrogen and oxygen atoms in total. The van der Waals surface area contributed by atoms with Gasteiger partial charge in [-0.2, -0.15) is 0 Å². The van der Waals surface area contributed by atoms with Gasteiger partial charge in [0.15, 0.2) is 0 Å². The van der Waals surface area contributed by atoms with Crippen LogP contribution in [0.25, 0.3) is 0 Å². The third-order valence-electron chi connectivity index (χ3n) is 6.10. The van der Waals surface area contributed by atoms with Crippen molar-refractivity contribution >= 4 is 44.8 Å². The Kier molecular flexibility index (Phi) is 10.6. The van der Waals surface area contributed by atoms with Crippen molar-refractivity contribution < 1.29 is 23.4 Å². The number of anilines is 1. The summed E-state index contributed by atoms with van der Waals surface area (Å²) in [6, 6.07) is 15.5. The van der Waals surface area contributed by atoms with Gasteiger partial charge in [-0.25, -0.2) is 8.42 Å². The standard InChI is InChI=1S/C28H33Cl2N3O5S/c1-17-9-22(29)14-24(30)23(17)15-32-28(36)12-20-6-4-5-19(11-20)10-18(2)31-16-27(35)21-7-8-26(34)25(13-21)33-39(3,37)38/h4-9,11,13-14,18,27,31,33-35H,10,12,15-16H2,1-3H3,(H,32,36)/t18-,27+/m1/s1. The maximum Gasteiger partial charge on any atom is 0.229 e. The molecule has 0 saturated heterocycles.